The maximum Gasteiger partial charge on any atom is 0.256 e. The van der Waals surface area contributed by atoms with Crippen molar-refractivity contribution in [2.24, 2.45) is 5.92 Å². The zero-order valence-electron chi connectivity index (χ0n) is 19.2. The molecule has 1 unspecified atom stereocenters. The SMILES string of the molecule is O=C1c2ccccc2C(O)N1CCCC(=C(c1ccc(O)cc1)c1ccc(O)cc1)C1C=CC=C1. The number of aliphatic hydroxyl groups excluding tert-OH is 1. The Morgan fingerprint density at radius 1 is 0.800 bits per heavy atom. The fraction of sp³-hybridized carbons (Fsp3) is 0.167. The normalized spacial score (nSPS) is 16.7. The molecule has 0 bridgehead atoms. The van der Waals surface area contributed by atoms with Crippen LogP contribution < -0.4 is 0 Å². The Balaban J connectivity index is 1.48. The predicted molar refractivity (Wildman–Crippen MR) is 136 cm³/mol. The number of phenols is 2. The van der Waals surface area contributed by atoms with E-state index in [1.807, 2.05) is 48.6 Å². The Bertz CT molecular complexity index is 1260. The summed E-state index contributed by atoms with van der Waals surface area (Å²) in [5, 5.41) is 30.4. The van der Waals surface area contributed by atoms with Crippen molar-refractivity contribution in [1.29, 1.82) is 0 Å². The Kier molecular flexibility index (Phi) is 6.25. The van der Waals surface area contributed by atoms with E-state index in [1.54, 1.807) is 36.4 Å². The monoisotopic (exact) mass is 465 g/mol. The second-order valence-corrected chi connectivity index (χ2v) is 8.85. The van der Waals surface area contributed by atoms with E-state index in [4.69, 9.17) is 0 Å². The molecule has 0 fully saturated rings. The number of aliphatic hydroxyl groups is 1. The van der Waals surface area contributed by atoms with Crippen LogP contribution in [-0.4, -0.2) is 32.7 Å². The molecule has 1 heterocycles. The largest absolute Gasteiger partial charge is 0.508 e. The van der Waals surface area contributed by atoms with Gasteiger partial charge in [-0.05, 0) is 59.9 Å². The number of hydrogen-bond acceptors (Lipinski definition) is 4. The lowest BCUT2D eigenvalue weighted by atomic mass is 9.84. The first-order valence-electron chi connectivity index (χ1n) is 11.8. The molecule has 2 aliphatic rings. The maximum atomic E-state index is 12.9. The van der Waals surface area contributed by atoms with Crippen molar-refractivity contribution in [3.05, 3.63) is 125 Å². The van der Waals surface area contributed by atoms with Gasteiger partial charge in [0.05, 0.1) is 0 Å². The van der Waals surface area contributed by atoms with E-state index in [0.29, 0.717) is 30.5 Å². The van der Waals surface area contributed by atoms with Crippen molar-refractivity contribution >= 4 is 11.5 Å². The standard InChI is InChI=1S/C30H27NO4/c32-23-15-11-21(12-16-23)28(22-13-17-24(33)18-14-22)25(20-6-1-2-7-20)10-5-19-31-29(34)26-8-3-4-9-27(26)30(31)35/h1-4,6-9,11-18,20,29,32-34H,5,10,19H2. The van der Waals surface area contributed by atoms with Gasteiger partial charge in [-0.3, -0.25) is 4.79 Å². The number of hydrogen-bond donors (Lipinski definition) is 3. The summed E-state index contributed by atoms with van der Waals surface area (Å²) in [5.74, 6) is 0.338. The average molecular weight is 466 g/mol. The molecular weight excluding hydrogens is 438 g/mol. The highest BCUT2D eigenvalue weighted by molar-refractivity contribution is 5.98. The molecule has 5 heteroatoms. The summed E-state index contributed by atoms with van der Waals surface area (Å²) < 4.78 is 0. The minimum Gasteiger partial charge on any atom is -0.508 e. The number of fused-ring (bicyclic) bond motifs is 1. The first kappa shape index (κ1) is 22.7. The highest BCUT2D eigenvalue weighted by Gasteiger charge is 2.34. The van der Waals surface area contributed by atoms with Gasteiger partial charge in [0.2, 0.25) is 0 Å². The predicted octanol–water partition coefficient (Wildman–Crippen LogP) is 5.57. The maximum absolute atomic E-state index is 12.9. The number of carbonyl (C=O) groups excluding carboxylic acids is 1. The summed E-state index contributed by atoms with van der Waals surface area (Å²) in [6, 6.07) is 21.5. The second kappa shape index (κ2) is 9.65. The van der Waals surface area contributed by atoms with Crippen molar-refractivity contribution in [1.82, 2.24) is 4.90 Å². The average Bonchev–Trinajstić information content (AvgIpc) is 3.49. The van der Waals surface area contributed by atoms with Crippen LogP contribution in [0.4, 0.5) is 0 Å². The lowest BCUT2D eigenvalue weighted by Gasteiger charge is -2.24. The molecule has 0 aromatic heterocycles. The van der Waals surface area contributed by atoms with Gasteiger partial charge in [0.25, 0.3) is 5.91 Å². The van der Waals surface area contributed by atoms with E-state index in [2.05, 4.69) is 12.2 Å². The molecule has 1 atom stereocenters. The van der Waals surface area contributed by atoms with Crippen molar-refractivity contribution < 1.29 is 20.1 Å². The Hall–Kier alpha value is -4.09. The summed E-state index contributed by atoms with van der Waals surface area (Å²) >= 11 is 0. The number of aromatic hydroxyl groups is 2. The van der Waals surface area contributed by atoms with Gasteiger partial charge >= 0.3 is 0 Å². The Labute approximate surface area is 204 Å². The molecule has 1 aliphatic carbocycles. The summed E-state index contributed by atoms with van der Waals surface area (Å²) in [6.45, 7) is 0.427. The van der Waals surface area contributed by atoms with Crippen molar-refractivity contribution in [3.8, 4) is 11.5 Å². The molecule has 0 spiro atoms. The van der Waals surface area contributed by atoms with E-state index in [-0.39, 0.29) is 23.3 Å². The molecular formula is C30H27NO4. The van der Waals surface area contributed by atoms with Crippen LogP contribution in [0.15, 0.2) is 103 Å². The number of rotatable bonds is 7. The van der Waals surface area contributed by atoms with E-state index < -0.39 is 6.23 Å². The highest BCUT2D eigenvalue weighted by Crippen LogP contribution is 2.38. The van der Waals surface area contributed by atoms with Crippen LogP contribution in [0, 0.1) is 5.92 Å². The third-order valence-corrected chi connectivity index (χ3v) is 6.65. The molecule has 5 nitrogen and oxygen atoms in total. The third-order valence-electron chi connectivity index (χ3n) is 6.65. The van der Waals surface area contributed by atoms with E-state index in [0.717, 1.165) is 16.7 Å². The topological polar surface area (TPSA) is 81.0 Å². The molecule has 5 rings (SSSR count). The molecule has 3 aromatic carbocycles. The van der Waals surface area contributed by atoms with Crippen LogP contribution in [0.25, 0.3) is 5.57 Å². The zero-order chi connectivity index (χ0) is 24.4. The third kappa shape index (κ3) is 4.51. The summed E-state index contributed by atoms with van der Waals surface area (Å²) in [5.41, 5.74) is 5.34. The first-order chi connectivity index (χ1) is 17.0. The number of phenolic OH excluding ortho intramolecular Hbond substituents is 2. The van der Waals surface area contributed by atoms with Crippen LogP contribution in [0.1, 0.15) is 46.1 Å². The number of allylic oxidation sites excluding steroid dienone is 5. The van der Waals surface area contributed by atoms with Crippen LogP contribution in [0.3, 0.4) is 0 Å². The van der Waals surface area contributed by atoms with E-state index in [9.17, 15) is 20.1 Å². The Morgan fingerprint density at radius 2 is 1.37 bits per heavy atom. The van der Waals surface area contributed by atoms with Crippen LogP contribution in [-0.2, 0) is 0 Å². The smallest absolute Gasteiger partial charge is 0.256 e. The summed E-state index contributed by atoms with van der Waals surface area (Å²) in [4.78, 5) is 14.4. The lowest BCUT2D eigenvalue weighted by molar-refractivity contribution is 0.0172. The highest BCUT2D eigenvalue weighted by atomic mass is 16.3. The van der Waals surface area contributed by atoms with Gasteiger partial charge in [-0.15, -0.1) is 0 Å². The molecule has 1 aliphatic heterocycles. The quantitative estimate of drug-likeness (QED) is 0.426. The number of nitrogens with zero attached hydrogens (tertiary/aromatic N) is 1. The fourth-order valence-corrected chi connectivity index (χ4v) is 4.93. The Morgan fingerprint density at radius 3 is 1.94 bits per heavy atom. The molecule has 1 amide bonds. The van der Waals surface area contributed by atoms with Gasteiger partial charge in [0.15, 0.2) is 6.23 Å². The van der Waals surface area contributed by atoms with Gasteiger partial charge in [0.1, 0.15) is 11.5 Å². The van der Waals surface area contributed by atoms with Crippen LogP contribution in [0.5, 0.6) is 11.5 Å². The van der Waals surface area contributed by atoms with Gasteiger partial charge in [-0.2, -0.15) is 0 Å². The molecule has 0 saturated carbocycles. The van der Waals surface area contributed by atoms with Crippen LogP contribution >= 0.6 is 0 Å². The number of amides is 1. The van der Waals surface area contributed by atoms with Gasteiger partial charge in [0, 0.05) is 23.6 Å². The van der Waals surface area contributed by atoms with Gasteiger partial charge < -0.3 is 20.2 Å². The summed E-state index contributed by atoms with van der Waals surface area (Å²) in [6.07, 6.45) is 8.78. The van der Waals surface area contributed by atoms with Crippen molar-refractivity contribution in [3.63, 3.8) is 0 Å². The number of carbonyl (C=O) groups is 1. The molecule has 176 valence electrons. The van der Waals surface area contributed by atoms with E-state index in [1.165, 1.54) is 10.5 Å². The molecule has 3 N–H and O–H groups in total. The molecule has 35 heavy (non-hydrogen) atoms. The van der Waals surface area contributed by atoms with Crippen molar-refractivity contribution in [2.75, 3.05) is 6.54 Å². The minimum atomic E-state index is -0.925. The van der Waals surface area contributed by atoms with Crippen LogP contribution in [0.2, 0.25) is 0 Å². The fourth-order valence-electron chi connectivity index (χ4n) is 4.93. The zero-order valence-corrected chi connectivity index (χ0v) is 19.2. The second-order valence-electron chi connectivity index (χ2n) is 8.85. The van der Waals surface area contributed by atoms with Crippen molar-refractivity contribution in [2.45, 2.75) is 19.1 Å². The first-order valence-corrected chi connectivity index (χ1v) is 11.8. The van der Waals surface area contributed by atoms with Gasteiger partial charge in [-0.1, -0.05) is 72.3 Å². The lowest BCUT2D eigenvalue weighted by Crippen LogP contribution is -2.29. The molecule has 0 radical (unpaired) electrons. The van der Waals surface area contributed by atoms with Gasteiger partial charge in [-0.25, -0.2) is 0 Å². The molecule has 0 saturated heterocycles. The minimum absolute atomic E-state index is 0.0870. The number of benzene rings is 3. The molecule has 3 aromatic rings. The summed E-state index contributed by atoms with van der Waals surface area (Å²) in [7, 11) is 0. The van der Waals surface area contributed by atoms with E-state index >= 15 is 0 Å².